The highest BCUT2D eigenvalue weighted by Gasteiger charge is 2.32. The van der Waals surface area contributed by atoms with E-state index in [1.165, 1.54) is 37.4 Å². The standard InChI is InChI=1S/C24H25NO2S2/c26-23-22(29-24(28)25(23)15-14-18-8-4-5-9-18)16-20-12-6-7-13-21(20)27-17-19-10-2-1-3-11-19/h1-3,6-7,10-13,16,18H,4-5,8-9,14-15,17H2. The number of hydrogen-bond donors (Lipinski definition) is 0. The van der Waals surface area contributed by atoms with Gasteiger partial charge < -0.3 is 4.74 Å². The number of thiocarbonyl (C=S) groups is 1. The van der Waals surface area contributed by atoms with Crippen molar-refractivity contribution in [1.82, 2.24) is 4.90 Å². The highest BCUT2D eigenvalue weighted by molar-refractivity contribution is 8.26. The average Bonchev–Trinajstić information content (AvgIpc) is 3.35. The second-order valence-corrected chi connectivity index (χ2v) is 9.26. The van der Waals surface area contributed by atoms with Gasteiger partial charge in [-0.1, -0.05) is 98.2 Å². The Hall–Kier alpha value is -2.11. The van der Waals surface area contributed by atoms with Crippen LogP contribution < -0.4 is 4.74 Å². The van der Waals surface area contributed by atoms with Gasteiger partial charge in [0.1, 0.15) is 16.7 Å². The molecule has 4 rings (SSSR count). The number of hydrogen-bond acceptors (Lipinski definition) is 4. The van der Waals surface area contributed by atoms with Crippen molar-refractivity contribution in [1.29, 1.82) is 0 Å². The molecule has 2 aromatic rings. The van der Waals surface area contributed by atoms with Gasteiger partial charge in [0, 0.05) is 12.1 Å². The SMILES string of the molecule is O=C1C(=Cc2ccccc2OCc2ccccc2)SC(=S)N1CCC1CCCC1. The van der Waals surface area contributed by atoms with Crippen molar-refractivity contribution < 1.29 is 9.53 Å². The maximum absolute atomic E-state index is 12.9. The smallest absolute Gasteiger partial charge is 0.266 e. The zero-order valence-electron chi connectivity index (χ0n) is 16.4. The molecule has 2 fully saturated rings. The molecule has 0 radical (unpaired) electrons. The van der Waals surface area contributed by atoms with Crippen molar-refractivity contribution in [2.24, 2.45) is 5.92 Å². The molecule has 1 aliphatic carbocycles. The average molecular weight is 424 g/mol. The number of amides is 1. The molecule has 2 aliphatic rings. The predicted molar refractivity (Wildman–Crippen MR) is 124 cm³/mol. The lowest BCUT2D eigenvalue weighted by Gasteiger charge is -2.17. The minimum atomic E-state index is 0.0239. The van der Waals surface area contributed by atoms with E-state index >= 15 is 0 Å². The first-order valence-corrected chi connectivity index (χ1v) is 11.4. The van der Waals surface area contributed by atoms with Crippen LogP contribution in [-0.4, -0.2) is 21.7 Å². The summed E-state index contributed by atoms with van der Waals surface area (Å²) in [6.07, 6.45) is 8.19. The first-order chi connectivity index (χ1) is 14.2. The Morgan fingerprint density at radius 3 is 2.59 bits per heavy atom. The van der Waals surface area contributed by atoms with Crippen LogP contribution >= 0.6 is 24.0 Å². The highest BCUT2D eigenvalue weighted by Crippen LogP contribution is 2.36. The molecule has 0 bridgehead atoms. The third kappa shape index (κ3) is 5.09. The molecule has 1 aliphatic heterocycles. The minimum absolute atomic E-state index is 0.0239. The predicted octanol–water partition coefficient (Wildman–Crippen LogP) is 6.05. The molecule has 29 heavy (non-hydrogen) atoms. The van der Waals surface area contributed by atoms with E-state index in [9.17, 15) is 4.79 Å². The summed E-state index contributed by atoms with van der Waals surface area (Å²) in [5.41, 5.74) is 2.01. The molecule has 1 saturated carbocycles. The molecule has 0 N–H and O–H groups in total. The fourth-order valence-electron chi connectivity index (χ4n) is 3.91. The summed E-state index contributed by atoms with van der Waals surface area (Å²) in [6, 6.07) is 17.9. The third-order valence-electron chi connectivity index (χ3n) is 5.55. The summed E-state index contributed by atoms with van der Waals surface area (Å²) in [6.45, 7) is 1.23. The van der Waals surface area contributed by atoms with Crippen LogP contribution in [0.3, 0.4) is 0 Å². The van der Waals surface area contributed by atoms with E-state index in [2.05, 4.69) is 0 Å². The van der Waals surface area contributed by atoms with E-state index in [4.69, 9.17) is 17.0 Å². The monoisotopic (exact) mass is 423 g/mol. The molecule has 0 aromatic heterocycles. The van der Waals surface area contributed by atoms with Gasteiger partial charge in [-0.2, -0.15) is 0 Å². The lowest BCUT2D eigenvalue weighted by molar-refractivity contribution is -0.122. The van der Waals surface area contributed by atoms with Crippen molar-refractivity contribution >= 4 is 40.3 Å². The molecule has 1 heterocycles. The Kier molecular flexibility index (Phi) is 6.67. The van der Waals surface area contributed by atoms with Crippen molar-refractivity contribution in [2.75, 3.05) is 6.54 Å². The van der Waals surface area contributed by atoms with Gasteiger partial charge in [-0.15, -0.1) is 0 Å². The zero-order chi connectivity index (χ0) is 20.1. The first kappa shape index (κ1) is 20.2. The van der Waals surface area contributed by atoms with E-state index in [1.54, 1.807) is 4.90 Å². The number of ether oxygens (including phenoxy) is 1. The van der Waals surface area contributed by atoms with E-state index in [-0.39, 0.29) is 5.91 Å². The Balaban J connectivity index is 1.44. The fraction of sp³-hybridized carbons (Fsp3) is 0.333. The van der Waals surface area contributed by atoms with Crippen LogP contribution in [0.1, 0.15) is 43.2 Å². The zero-order valence-corrected chi connectivity index (χ0v) is 18.0. The third-order valence-corrected chi connectivity index (χ3v) is 6.93. The molecule has 2 aromatic carbocycles. The number of rotatable bonds is 7. The summed E-state index contributed by atoms with van der Waals surface area (Å²) in [5, 5.41) is 0. The van der Waals surface area contributed by atoms with Crippen LogP contribution in [0.2, 0.25) is 0 Å². The first-order valence-electron chi connectivity index (χ1n) is 10.2. The molecule has 1 amide bonds. The lowest BCUT2D eigenvalue weighted by Crippen LogP contribution is -2.30. The molecule has 1 saturated heterocycles. The normalized spacial score (nSPS) is 18.8. The second kappa shape index (κ2) is 9.59. The van der Waals surface area contributed by atoms with E-state index in [1.807, 2.05) is 60.7 Å². The number of nitrogens with zero attached hydrogens (tertiary/aromatic N) is 1. The van der Waals surface area contributed by atoms with Crippen molar-refractivity contribution in [3.8, 4) is 5.75 Å². The molecule has 150 valence electrons. The maximum atomic E-state index is 12.9. The second-order valence-electron chi connectivity index (χ2n) is 7.58. The van der Waals surface area contributed by atoms with Gasteiger partial charge in [0.15, 0.2) is 0 Å². The van der Waals surface area contributed by atoms with Gasteiger partial charge in [-0.05, 0) is 30.0 Å². The van der Waals surface area contributed by atoms with Crippen LogP contribution in [0.25, 0.3) is 6.08 Å². The number of benzene rings is 2. The number of carbonyl (C=O) groups excluding carboxylic acids is 1. The van der Waals surface area contributed by atoms with Crippen LogP contribution in [0, 0.1) is 5.92 Å². The van der Waals surface area contributed by atoms with Gasteiger partial charge in [0.05, 0.1) is 4.91 Å². The van der Waals surface area contributed by atoms with Crippen molar-refractivity contribution in [3.05, 3.63) is 70.6 Å². The van der Waals surface area contributed by atoms with Crippen molar-refractivity contribution in [3.63, 3.8) is 0 Å². The van der Waals surface area contributed by atoms with Crippen LogP contribution in [0.4, 0.5) is 0 Å². The van der Waals surface area contributed by atoms with Gasteiger partial charge >= 0.3 is 0 Å². The number of carbonyl (C=O) groups is 1. The Bertz CT molecular complexity index is 904. The van der Waals surface area contributed by atoms with Gasteiger partial charge in [0.25, 0.3) is 5.91 Å². The van der Waals surface area contributed by atoms with Gasteiger partial charge in [0.2, 0.25) is 0 Å². The molecule has 3 nitrogen and oxygen atoms in total. The van der Waals surface area contributed by atoms with Crippen LogP contribution in [-0.2, 0) is 11.4 Å². The summed E-state index contributed by atoms with van der Waals surface area (Å²) < 4.78 is 6.69. The van der Waals surface area contributed by atoms with E-state index in [0.29, 0.717) is 15.8 Å². The van der Waals surface area contributed by atoms with Crippen molar-refractivity contribution in [2.45, 2.75) is 38.7 Å². The van der Waals surface area contributed by atoms with E-state index in [0.717, 1.165) is 35.8 Å². The minimum Gasteiger partial charge on any atom is -0.488 e. The molecule has 0 spiro atoms. The summed E-state index contributed by atoms with van der Waals surface area (Å²) in [5.74, 6) is 1.54. The topological polar surface area (TPSA) is 29.5 Å². The van der Waals surface area contributed by atoms with E-state index < -0.39 is 0 Å². The maximum Gasteiger partial charge on any atom is 0.266 e. The Morgan fingerprint density at radius 1 is 1.07 bits per heavy atom. The quantitative estimate of drug-likeness (QED) is 0.401. The van der Waals surface area contributed by atoms with Gasteiger partial charge in [-0.3, -0.25) is 9.69 Å². The fourth-order valence-corrected chi connectivity index (χ4v) is 5.21. The molecule has 5 heteroatoms. The Morgan fingerprint density at radius 2 is 1.79 bits per heavy atom. The summed E-state index contributed by atoms with van der Waals surface area (Å²) >= 11 is 6.89. The molecular weight excluding hydrogens is 398 g/mol. The number of para-hydroxylation sites is 1. The molecule has 0 atom stereocenters. The molecule has 0 unspecified atom stereocenters. The highest BCUT2D eigenvalue weighted by atomic mass is 32.2. The number of thioether (sulfide) groups is 1. The Labute approximate surface area is 182 Å². The summed E-state index contributed by atoms with van der Waals surface area (Å²) in [7, 11) is 0. The van der Waals surface area contributed by atoms with Gasteiger partial charge in [-0.25, -0.2) is 0 Å². The lowest BCUT2D eigenvalue weighted by atomic mass is 10.0. The molecular formula is C24H25NO2S2. The van der Waals surface area contributed by atoms with Crippen LogP contribution in [0.5, 0.6) is 5.75 Å². The largest absolute Gasteiger partial charge is 0.488 e. The van der Waals surface area contributed by atoms with Crippen LogP contribution in [0.15, 0.2) is 59.5 Å². The summed E-state index contributed by atoms with van der Waals surface area (Å²) in [4.78, 5) is 15.4.